The molecule has 0 aliphatic heterocycles. The van der Waals surface area contributed by atoms with Crippen molar-refractivity contribution in [3.8, 4) is 0 Å². The standard InChI is InChI=1S/C14H24N4O/c1-5-10-11(15)12(18(4)17-10)13(19)16-8-14(6-7-14)9(2)3/h9H,5-8,15H2,1-4H3,(H,16,19). The van der Waals surface area contributed by atoms with Gasteiger partial charge in [-0.25, -0.2) is 0 Å². The number of rotatable bonds is 5. The average molecular weight is 264 g/mol. The predicted octanol–water partition coefficient (Wildman–Crippen LogP) is 1.73. The van der Waals surface area contributed by atoms with Gasteiger partial charge in [-0.1, -0.05) is 20.8 Å². The SMILES string of the molecule is CCc1nn(C)c(C(=O)NCC2(C(C)C)CC2)c1N. The third-order valence-corrected chi connectivity index (χ3v) is 4.43. The average Bonchev–Trinajstić information content (AvgIpc) is 3.09. The molecule has 0 radical (unpaired) electrons. The normalized spacial score (nSPS) is 16.7. The van der Waals surface area contributed by atoms with E-state index in [1.165, 1.54) is 12.8 Å². The molecule has 1 saturated carbocycles. The van der Waals surface area contributed by atoms with Gasteiger partial charge in [0.05, 0.1) is 11.4 Å². The molecule has 0 atom stereocenters. The van der Waals surface area contributed by atoms with Crippen molar-refractivity contribution in [1.82, 2.24) is 15.1 Å². The Morgan fingerprint density at radius 1 is 1.53 bits per heavy atom. The number of anilines is 1. The Hall–Kier alpha value is -1.52. The predicted molar refractivity (Wildman–Crippen MR) is 75.8 cm³/mol. The molecule has 0 aromatic carbocycles. The van der Waals surface area contributed by atoms with Gasteiger partial charge in [-0.15, -0.1) is 0 Å². The van der Waals surface area contributed by atoms with E-state index >= 15 is 0 Å². The number of aryl methyl sites for hydroxylation is 2. The maximum atomic E-state index is 12.3. The molecular formula is C14H24N4O. The van der Waals surface area contributed by atoms with Crippen molar-refractivity contribution in [3.63, 3.8) is 0 Å². The number of nitrogens with one attached hydrogen (secondary N) is 1. The lowest BCUT2D eigenvalue weighted by molar-refractivity contribution is 0.0931. The zero-order valence-electron chi connectivity index (χ0n) is 12.3. The van der Waals surface area contributed by atoms with Gasteiger partial charge in [0.2, 0.25) is 0 Å². The Labute approximate surface area is 114 Å². The van der Waals surface area contributed by atoms with Gasteiger partial charge >= 0.3 is 0 Å². The number of carbonyl (C=O) groups is 1. The molecule has 1 aromatic rings. The van der Waals surface area contributed by atoms with Crippen molar-refractivity contribution in [3.05, 3.63) is 11.4 Å². The highest BCUT2D eigenvalue weighted by molar-refractivity contribution is 5.98. The number of nitrogens with zero attached hydrogens (tertiary/aromatic N) is 2. The van der Waals surface area contributed by atoms with Crippen LogP contribution in [0.2, 0.25) is 0 Å². The topological polar surface area (TPSA) is 72.9 Å². The van der Waals surface area contributed by atoms with Crippen LogP contribution in [0.5, 0.6) is 0 Å². The molecule has 1 aliphatic rings. The molecule has 1 heterocycles. The van der Waals surface area contributed by atoms with Gasteiger partial charge < -0.3 is 11.1 Å². The molecule has 0 saturated heterocycles. The van der Waals surface area contributed by atoms with Gasteiger partial charge in [-0.05, 0) is 30.6 Å². The summed E-state index contributed by atoms with van der Waals surface area (Å²) in [7, 11) is 1.76. The second kappa shape index (κ2) is 4.87. The number of nitrogen functional groups attached to an aromatic ring is 1. The van der Waals surface area contributed by atoms with E-state index < -0.39 is 0 Å². The van der Waals surface area contributed by atoms with Gasteiger partial charge in [0.1, 0.15) is 5.69 Å². The lowest BCUT2D eigenvalue weighted by atomic mass is 9.92. The van der Waals surface area contributed by atoms with Crippen LogP contribution in [0, 0.1) is 11.3 Å². The largest absolute Gasteiger partial charge is 0.395 e. The van der Waals surface area contributed by atoms with E-state index in [9.17, 15) is 4.79 Å². The van der Waals surface area contributed by atoms with Crippen LogP contribution in [0.1, 0.15) is 49.8 Å². The van der Waals surface area contributed by atoms with Crippen LogP contribution in [0.3, 0.4) is 0 Å². The minimum Gasteiger partial charge on any atom is -0.395 e. The first-order valence-electron chi connectivity index (χ1n) is 7.01. The molecule has 1 fully saturated rings. The van der Waals surface area contributed by atoms with Crippen molar-refractivity contribution in [2.24, 2.45) is 18.4 Å². The molecule has 2 rings (SSSR count). The van der Waals surface area contributed by atoms with Gasteiger partial charge in [-0.2, -0.15) is 5.10 Å². The van der Waals surface area contributed by atoms with Crippen LogP contribution in [0.25, 0.3) is 0 Å². The van der Waals surface area contributed by atoms with Crippen LogP contribution >= 0.6 is 0 Å². The summed E-state index contributed by atoms with van der Waals surface area (Å²) in [5.41, 5.74) is 8.07. The van der Waals surface area contributed by atoms with Crippen LogP contribution < -0.4 is 11.1 Å². The van der Waals surface area contributed by atoms with E-state index in [0.717, 1.165) is 18.7 Å². The third kappa shape index (κ3) is 2.46. The molecule has 1 aliphatic carbocycles. The summed E-state index contributed by atoms with van der Waals surface area (Å²) in [4.78, 5) is 12.3. The number of carbonyl (C=O) groups excluding carboxylic acids is 1. The highest BCUT2D eigenvalue weighted by Crippen LogP contribution is 2.51. The highest BCUT2D eigenvalue weighted by Gasteiger charge is 2.45. The molecule has 0 unspecified atom stereocenters. The van der Waals surface area contributed by atoms with Gasteiger partial charge in [0, 0.05) is 13.6 Å². The highest BCUT2D eigenvalue weighted by atomic mass is 16.2. The molecule has 0 spiro atoms. The van der Waals surface area contributed by atoms with Crippen LogP contribution in [-0.2, 0) is 13.5 Å². The summed E-state index contributed by atoms with van der Waals surface area (Å²) >= 11 is 0. The second-order valence-corrected chi connectivity index (χ2v) is 5.89. The van der Waals surface area contributed by atoms with E-state index in [1.54, 1.807) is 11.7 Å². The van der Waals surface area contributed by atoms with Gasteiger partial charge in [-0.3, -0.25) is 9.48 Å². The maximum absolute atomic E-state index is 12.3. The van der Waals surface area contributed by atoms with E-state index in [2.05, 4.69) is 24.3 Å². The number of aromatic nitrogens is 2. The molecular weight excluding hydrogens is 240 g/mol. The minimum absolute atomic E-state index is 0.112. The fraction of sp³-hybridized carbons (Fsp3) is 0.714. The quantitative estimate of drug-likeness (QED) is 0.850. The van der Waals surface area contributed by atoms with Crippen molar-refractivity contribution < 1.29 is 4.79 Å². The lowest BCUT2D eigenvalue weighted by Gasteiger charge is -2.20. The molecule has 3 N–H and O–H groups in total. The lowest BCUT2D eigenvalue weighted by Crippen LogP contribution is -2.34. The molecule has 19 heavy (non-hydrogen) atoms. The first-order valence-corrected chi connectivity index (χ1v) is 7.01. The summed E-state index contributed by atoms with van der Waals surface area (Å²) in [6.45, 7) is 7.15. The number of hydrogen-bond acceptors (Lipinski definition) is 3. The Morgan fingerprint density at radius 2 is 2.16 bits per heavy atom. The summed E-state index contributed by atoms with van der Waals surface area (Å²) < 4.78 is 1.58. The van der Waals surface area contributed by atoms with Gasteiger partial charge in [0.15, 0.2) is 0 Å². The van der Waals surface area contributed by atoms with Crippen LogP contribution in [-0.4, -0.2) is 22.2 Å². The molecule has 1 aromatic heterocycles. The fourth-order valence-electron chi connectivity index (χ4n) is 2.59. The van der Waals surface area contributed by atoms with Crippen molar-refractivity contribution in [2.45, 2.75) is 40.0 Å². The van der Waals surface area contributed by atoms with Crippen molar-refractivity contribution >= 4 is 11.6 Å². The van der Waals surface area contributed by atoms with Gasteiger partial charge in [0.25, 0.3) is 5.91 Å². The number of hydrogen-bond donors (Lipinski definition) is 2. The monoisotopic (exact) mass is 264 g/mol. The third-order valence-electron chi connectivity index (χ3n) is 4.43. The Balaban J connectivity index is 2.07. The zero-order valence-corrected chi connectivity index (χ0v) is 12.3. The first-order chi connectivity index (χ1) is 8.91. The summed E-state index contributed by atoms with van der Waals surface area (Å²) in [5, 5.41) is 7.30. The molecule has 5 nitrogen and oxygen atoms in total. The smallest absolute Gasteiger partial charge is 0.271 e. The Kier molecular flexibility index (Phi) is 3.56. The maximum Gasteiger partial charge on any atom is 0.271 e. The minimum atomic E-state index is -0.112. The summed E-state index contributed by atoms with van der Waals surface area (Å²) in [6.07, 6.45) is 3.14. The molecule has 1 amide bonds. The fourth-order valence-corrected chi connectivity index (χ4v) is 2.59. The molecule has 5 heteroatoms. The van der Waals surface area contributed by atoms with E-state index in [1.807, 2.05) is 6.92 Å². The van der Waals surface area contributed by atoms with Crippen molar-refractivity contribution in [1.29, 1.82) is 0 Å². The van der Waals surface area contributed by atoms with Crippen LogP contribution in [0.4, 0.5) is 5.69 Å². The molecule has 0 bridgehead atoms. The van der Waals surface area contributed by atoms with Crippen LogP contribution in [0.15, 0.2) is 0 Å². The Morgan fingerprint density at radius 3 is 2.58 bits per heavy atom. The molecule has 106 valence electrons. The summed E-state index contributed by atoms with van der Waals surface area (Å²) in [6, 6.07) is 0. The van der Waals surface area contributed by atoms with E-state index in [4.69, 9.17) is 5.73 Å². The zero-order chi connectivity index (χ0) is 14.2. The second-order valence-electron chi connectivity index (χ2n) is 5.89. The van der Waals surface area contributed by atoms with Crippen molar-refractivity contribution in [2.75, 3.05) is 12.3 Å². The first kappa shape index (κ1) is 13.9. The number of amides is 1. The van der Waals surface area contributed by atoms with E-state index in [-0.39, 0.29) is 5.91 Å². The van der Waals surface area contributed by atoms with E-state index in [0.29, 0.717) is 22.7 Å². The Bertz CT molecular complexity index is 486. The summed E-state index contributed by atoms with van der Waals surface area (Å²) in [5.74, 6) is 0.488. The number of nitrogens with two attached hydrogens (primary N) is 1.